The van der Waals surface area contributed by atoms with Crippen molar-refractivity contribution in [1.29, 1.82) is 0 Å². The number of methoxy groups -OCH3 is 1. The predicted octanol–water partition coefficient (Wildman–Crippen LogP) is 3.72. The molecule has 0 bridgehead atoms. The molecular weight excluding hydrogens is 300 g/mol. The third kappa shape index (κ3) is 4.83. The highest BCUT2D eigenvalue weighted by Crippen LogP contribution is 2.16. The van der Waals surface area contributed by atoms with Gasteiger partial charge in [-0.3, -0.25) is 9.69 Å². The second-order valence-corrected chi connectivity index (χ2v) is 5.98. The normalized spacial score (nSPS) is 12.0. The lowest BCUT2D eigenvalue weighted by atomic mass is 10.1. The zero-order valence-corrected chi connectivity index (χ0v) is 14.9. The molecule has 24 heavy (non-hydrogen) atoms. The van der Waals surface area contributed by atoms with E-state index in [-0.39, 0.29) is 11.9 Å². The molecule has 2 aromatic rings. The van der Waals surface area contributed by atoms with Gasteiger partial charge in [0.2, 0.25) is 5.91 Å². The van der Waals surface area contributed by atoms with Gasteiger partial charge in [0.05, 0.1) is 13.2 Å². The van der Waals surface area contributed by atoms with E-state index in [1.54, 1.807) is 7.11 Å². The van der Waals surface area contributed by atoms with Gasteiger partial charge in [-0.2, -0.15) is 0 Å². The van der Waals surface area contributed by atoms with E-state index < -0.39 is 0 Å². The van der Waals surface area contributed by atoms with Crippen molar-refractivity contribution in [3.63, 3.8) is 0 Å². The first-order chi connectivity index (χ1) is 11.5. The van der Waals surface area contributed by atoms with E-state index in [1.807, 2.05) is 67.4 Å². The molecular formula is C20H26N2O2. The molecule has 1 amide bonds. The van der Waals surface area contributed by atoms with Gasteiger partial charge in [0.15, 0.2) is 0 Å². The van der Waals surface area contributed by atoms with Crippen LogP contribution in [0.2, 0.25) is 0 Å². The second-order valence-electron chi connectivity index (χ2n) is 5.98. The lowest BCUT2D eigenvalue weighted by molar-refractivity contribution is -0.120. The minimum Gasteiger partial charge on any atom is -0.497 e. The number of rotatable bonds is 7. The molecule has 0 aliphatic heterocycles. The summed E-state index contributed by atoms with van der Waals surface area (Å²) in [5.74, 6) is 0.818. The lowest BCUT2D eigenvalue weighted by Gasteiger charge is -2.24. The number of nitrogens with zero attached hydrogens (tertiary/aromatic N) is 1. The van der Waals surface area contributed by atoms with E-state index in [0.717, 1.165) is 23.4 Å². The van der Waals surface area contributed by atoms with Gasteiger partial charge in [0.25, 0.3) is 0 Å². The number of carbonyl (C=O) groups excluding carboxylic acids is 1. The maximum absolute atomic E-state index is 12.4. The first-order valence-corrected chi connectivity index (χ1v) is 8.26. The Morgan fingerprint density at radius 1 is 1.17 bits per heavy atom. The topological polar surface area (TPSA) is 41.6 Å². The molecule has 1 unspecified atom stereocenters. The fourth-order valence-corrected chi connectivity index (χ4v) is 2.47. The fourth-order valence-electron chi connectivity index (χ4n) is 2.47. The van der Waals surface area contributed by atoms with Crippen LogP contribution in [0.25, 0.3) is 0 Å². The molecule has 0 spiro atoms. The number of hydrogen-bond acceptors (Lipinski definition) is 3. The monoisotopic (exact) mass is 326 g/mol. The number of nitrogens with one attached hydrogen (secondary N) is 1. The number of aryl methyl sites for hydroxylation is 1. The molecule has 0 heterocycles. The zero-order valence-electron chi connectivity index (χ0n) is 14.9. The summed E-state index contributed by atoms with van der Waals surface area (Å²) >= 11 is 0. The molecule has 0 aliphatic carbocycles. The van der Waals surface area contributed by atoms with Crippen molar-refractivity contribution in [2.45, 2.75) is 32.9 Å². The molecule has 0 saturated heterocycles. The van der Waals surface area contributed by atoms with Crippen LogP contribution in [0.5, 0.6) is 5.75 Å². The van der Waals surface area contributed by atoms with Gasteiger partial charge >= 0.3 is 0 Å². The smallest absolute Gasteiger partial charge is 0.241 e. The fraction of sp³-hybridized carbons (Fsp3) is 0.350. The first kappa shape index (κ1) is 18.0. The summed E-state index contributed by atoms with van der Waals surface area (Å²) in [6.07, 6.45) is 0.994. The minimum absolute atomic E-state index is 0.00959. The standard InChI is InChI=1S/C20H26N2O2/c1-5-16-9-11-18(12-10-16)21-20(23)15(2)22(3)14-17-7-6-8-19(13-17)24-4/h6-13,15H,5,14H2,1-4H3,(H,21,23). The number of benzene rings is 2. The minimum atomic E-state index is -0.234. The van der Waals surface area contributed by atoms with Crippen LogP contribution in [-0.2, 0) is 17.8 Å². The van der Waals surface area contributed by atoms with Crippen molar-refractivity contribution in [2.24, 2.45) is 0 Å². The summed E-state index contributed by atoms with van der Waals surface area (Å²) in [6, 6.07) is 15.7. The number of amides is 1. The second kappa shape index (κ2) is 8.50. The van der Waals surface area contributed by atoms with Crippen molar-refractivity contribution < 1.29 is 9.53 Å². The Morgan fingerprint density at radius 3 is 2.50 bits per heavy atom. The Labute approximate surface area is 144 Å². The van der Waals surface area contributed by atoms with Crippen LogP contribution >= 0.6 is 0 Å². The molecule has 1 N–H and O–H groups in total. The highest BCUT2D eigenvalue weighted by atomic mass is 16.5. The van der Waals surface area contributed by atoms with Crippen LogP contribution in [0.4, 0.5) is 5.69 Å². The maximum Gasteiger partial charge on any atom is 0.241 e. The van der Waals surface area contributed by atoms with Gasteiger partial charge < -0.3 is 10.1 Å². The summed E-state index contributed by atoms with van der Waals surface area (Å²) in [5, 5.41) is 2.98. The van der Waals surface area contributed by atoms with Crippen LogP contribution in [0.15, 0.2) is 48.5 Å². The van der Waals surface area contributed by atoms with Crippen molar-refractivity contribution in [1.82, 2.24) is 4.90 Å². The third-order valence-corrected chi connectivity index (χ3v) is 4.24. The molecule has 4 heteroatoms. The van der Waals surface area contributed by atoms with E-state index in [2.05, 4.69) is 12.2 Å². The van der Waals surface area contributed by atoms with E-state index >= 15 is 0 Å². The number of anilines is 1. The Balaban J connectivity index is 1.95. The summed E-state index contributed by atoms with van der Waals surface area (Å²) in [4.78, 5) is 14.5. The van der Waals surface area contributed by atoms with Crippen molar-refractivity contribution in [3.05, 3.63) is 59.7 Å². The van der Waals surface area contributed by atoms with Gasteiger partial charge in [-0.1, -0.05) is 31.2 Å². The zero-order chi connectivity index (χ0) is 17.5. The van der Waals surface area contributed by atoms with Crippen LogP contribution in [0.3, 0.4) is 0 Å². The molecule has 1 atom stereocenters. The molecule has 2 aromatic carbocycles. The Kier molecular flexibility index (Phi) is 6.38. The van der Waals surface area contributed by atoms with Gasteiger partial charge in [-0.15, -0.1) is 0 Å². The molecule has 0 aromatic heterocycles. The Hall–Kier alpha value is -2.33. The van der Waals surface area contributed by atoms with Gasteiger partial charge in [0.1, 0.15) is 5.75 Å². The van der Waals surface area contributed by atoms with E-state index in [0.29, 0.717) is 6.54 Å². The van der Waals surface area contributed by atoms with E-state index in [9.17, 15) is 4.79 Å². The van der Waals surface area contributed by atoms with Gasteiger partial charge in [-0.25, -0.2) is 0 Å². The average Bonchev–Trinajstić information content (AvgIpc) is 2.61. The largest absolute Gasteiger partial charge is 0.497 e. The predicted molar refractivity (Wildman–Crippen MR) is 98.4 cm³/mol. The number of likely N-dealkylation sites (N-methyl/N-ethyl adjacent to an activating group) is 1. The number of ether oxygens (including phenoxy) is 1. The lowest BCUT2D eigenvalue weighted by Crippen LogP contribution is -2.39. The quantitative estimate of drug-likeness (QED) is 0.843. The van der Waals surface area contributed by atoms with Crippen molar-refractivity contribution in [3.8, 4) is 5.75 Å². The van der Waals surface area contributed by atoms with Crippen LogP contribution in [0, 0.1) is 0 Å². The SMILES string of the molecule is CCc1ccc(NC(=O)C(C)N(C)Cc2cccc(OC)c2)cc1. The van der Waals surface area contributed by atoms with Crippen LogP contribution < -0.4 is 10.1 Å². The molecule has 4 nitrogen and oxygen atoms in total. The number of hydrogen-bond donors (Lipinski definition) is 1. The maximum atomic E-state index is 12.4. The molecule has 0 radical (unpaired) electrons. The Bertz CT molecular complexity index is 668. The summed E-state index contributed by atoms with van der Waals surface area (Å²) in [6.45, 7) is 4.71. The Morgan fingerprint density at radius 2 is 1.88 bits per heavy atom. The number of carbonyl (C=O) groups is 1. The highest BCUT2D eigenvalue weighted by molar-refractivity contribution is 5.94. The summed E-state index contributed by atoms with van der Waals surface area (Å²) in [5.41, 5.74) is 3.21. The average molecular weight is 326 g/mol. The van der Waals surface area contributed by atoms with Gasteiger partial charge in [-0.05, 0) is 55.8 Å². The van der Waals surface area contributed by atoms with Crippen molar-refractivity contribution in [2.75, 3.05) is 19.5 Å². The third-order valence-electron chi connectivity index (χ3n) is 4.24. The van der Waals surface area contributed by atoms with Crippen molar-refractivity contribution >= 4 is 11.6 Å². The highest BCUT2D eigenvalue weighted by Gasteiger charge is 2.18. The summed E-state index contributed by atoms with van der Waals surface area (Å²) < 4.78 is 5.24. The molecule has 0 fully saturated rings. The molecule has 0 aliphatic rings. The van der Waals surface area contributed by atoms with Crippen LogP contribution in [0.1, 0.15) is 25.0 Å². The van der Waals surface area contributed by atoms with E-state index in [4.69, 9.17) is 4.74 Å². The van der Waals surface area contributed by atoms with Crippen LogP contribution in [-0.4, -0.2) is 31.0 Å². The molecule has 128 valence electrons. The van der Waals surface area contributed by atoms with E-state index in [1.165, 1.54) is 5.56 Å². The first-order valence-electron chi connectivity index (χ1n) is 8.26. The molecule has 2 rings (SSSR count). The van der Waals surface area contributed by atoms with Gasteiger partial charge in [0, 0.05) is 12.2 Å². The summed E-state index contributed by atoms with van der Waals surface area (Å²) in [7, 11) is 3.60. The molecule has 0 saturated carbocycles.